The number of nitrogens with zero attached hydrogens (tertiary/aromatic N) is 4. The van der Waals surface area contributed by atoms with Crippen LogP contribution in [0.3, 0.4) is 0 Å². The summed E-state index contributed by atoms with van der Waals surface area (Å²) in [5.41, 5.74) is 2.59. The second-order valence-electron chi connectivity index (χ2n) is 8.56. The number of halogens is 1. The lowest BCUT2D eigenvalue weighted by Crippen LogP contribution is -2.37. The molecule has 2 aliphatic heterocycles. The highest BCUT2D eigenvalue weighted by Crippen LogP contribution is 2.29. The summed E-state index contributed by atoms with van der Waals surface area (Å²) in [6.45, 7) is 3.29. The molecule has 0 N–H and O–H groups in total. The van der Waals surface area contributed by atoms with Crippen LogP contribution >= 0.6 is 0 Å². The van der Waals surface area contributed by atoms with Crippen molar-refractivity contribution in [1.29, 1.82) is 0 Å². The maximum absolute atomic E-state index is 13.3. The number of carbonyl (C=O) groups is 2. The Labute approximate surface area is 187 Å². The van der Waals surface area contributed by atoms with Gasteiger partial charge < -0.3 is 9.64 Å². The third-order valence-corrected chi connectivity index (χ3v) is 6.15. The van der Waals surface area contributed by atoms with Gasteiger partial charge in [-0.3, -0.25) is 14.5 Å². The fourth-order valence-corrected chi connectivity index (χ4v) is 4.29. The van der Waals surface area contributed by atoms with Crippen molar-refractivity contribution < 1.29 is 18.7 Å². The van der Waals surface area contributed by atoms with Gasteiger partial charge >= 0.3 is 0 Å². The maximum atomic E-state index is 13.3. The van der Waals surface area contributed by atoms with Crippen LogP contribution in [0, 0.1) is 12.7 Å². The van der Waals surface area contributed by atoms with Crippen molar-refractivity contribution in [3.8, 4) is 0 Å². The summed E-state index contributed by atoms with van der Waals surface area (Å²) in [7, 11) is 1.75. The highest BCUT2D eigenvalue weighted by molar-refractivity contribution is 5.95. The van der Waals surface area contributed by atoms with Crippen molar-refractivity contribution in [2.75, 3.05) is 18.6 Å². The predicted octanol–water partition coefficient (Wildman–Crippen LogP) is 3.32. The van der Waals surface area contributed by atoms with Crippen molar-refractivity contribution in [3.63, 3.8) is 0 Å². The third-order valence-electron chi connectivity index (χ3n) is 6.15. The predicted molar refractivity (Wildman–Crippen MR) is 117 cm³/mol. The quantitative estimate of drug-likeness (QED) is 0.660. The first-order chi connectivity index (χ1) is 15.4. The first-order valence-corrected chi connectivity index (χ1v) is 11.2. The van der Waals surface area contributed by atoms with E-state index in [1.807, 2.05) is 6.92 Å². The Morgan fingerprint density at radius 2 is 2.03 bits per heavy atom. The van der Waals surface area contributed by atoms with Gasteiger partial charge in [0.2, 0.25) is 11.8 Å². The van der Waals surface area contributed by atoms with Crippen molar-refractivity contribution in [2.24, 2.45) is 0 Å². The van der Waals surface area contributed by atoms with Gasteiger partial charge in [0.05, 0.1) is 19.2 Å². The highest BCUT2D eigenvalue weighted by atomic mass is 19.1. The van der Waals surface area contributed by atoms with E-state index in [0.29, 0.717) is 37.4 Å². The summed E-state index contributed by atoms with van der Waals surface area (Å²) in [4.78, 5) is 37.9. The largest absolute Gasteiger partial charge is 0.378 e. The van der Waals surface area contributed by atoms with E-state index in [1.165, 1.54) is 12.1 Å². The summed E-state index contributed by atoms with van der Waals surface area (Å²) in [6.07, 6.45) is 4.40. The molecular formula is C24H29FN4O3. The van der Waals surface area contributed by atoms with E-state index in [-0.39, 0.29) is 30.3 Å². The second kappa shape index (κ2) is 9.73. The molecule has 0 aliphatic carbocycles. The molecule has 1 fully saturated rings. The SMILES string of the molecule is Cc1nc(CN(C)C(=O)CCC2CCCO2)nc2c1CCC(=O)N2Cc1ccc(F)cc1. The number of rotatable bonds is 7. The summed E-state index contributed by atoms with van der Waals surface area (Å²) >= 11 is 0. The van der Waals surface area contributed by atoms with Gasteiger partial charge in [-0.15, -0.1) is 0 Å². The van der Waals surface area contributed by atoms with Crippen LogP contribution in [0.4, 0.5) is 10.2 Å². The monoisotopic (exact) mass is 440 g/mol. The Morgan fingerprint density at radius 1 is 1.25 bits per heavy atom. The molecule has 0 saturated carbocycles. The van der Waals surface area contributed by atoms with Crippen LogP contribution < -0.4 is 4.90 Å². The number of aromatic nitrogens is 2. The summed E-state index contributed by atoms with van der Waals surface area (Å²) in [5.74, 6) is 0.790. The van der Waals surface area contributed by atoms with E-state index in [4.69, 9.17) is 4.74 Å². The zero-order valence-corrected chi connectivity index (χ0v) is 18.6. The molecular weight excluding hydrogens is 411 g/mol. The molecule has 1 aromatic carbocycles. The van der Waals surface area contributed by atoms with Gasteiger partial charge in [0.1, 0.15) is 17.5 Å². The number of hydrogen-bond acceptors (Lipinski definition) is 5. The van der Waals surface area contributed by atoms with Crippen LogP contribution in [0.5, 0.6) is 0 Å². The first-order valence-electron chi connectivity index (χ1n) is 11.2. The lowest BCUT2D eigenvalue weighted by Gasteiger charge is -2.30. The Balaban J connectivity index is 1.49. The molecule has 0 spiro atoms. The van der Waals surface area contributed by atoms with Gasteiger partial charge in [-0.25, -0.2) is 14.4 Å². The molecule has 7 nitrogen and oxygen atoms in total. The Bertz CT molecular complexity index is 989. The summed E-state index contributed by atoms with van der Waals surface area (Å²) in [6, 6.07) is 6.12. The third kappa shape index (κ3) is 5.12. The van der Waals surface area contributed by atoms with Gasteiger partial charge in [-0.1, -0.05) is 12.1 Å². The van der Waals surface area contributed by atoms with Crippen molar-refractivity contribution in [3.05, 3.63) is 52.7 Å². The molecule has 2 aliphatic rings. The van der Waals surface area contributed by atoms with Gasteiger partial charge in [0.15, 0.2) is 0 Å². The number of hydrogen-bond donors (Lipinski definition) is 0. The average Bonchev–Trinajstić information content (AvgIpc) is 3.29. The standard InChI is InChI=1S/C24H29FN4O3/c1-16-20-10-12-23(31)29(14-17-5-7-18(25)8-6-17)24(20)27-21(26-16)15-28(2)22(30)11-9-19-4-3-13-32-19/h5-8,19H,3-4,9-15H2,1-2H3. The van der Waals surface area contributed by atoms with Crippen LogP contribution in [0.15, 0.2) is 24.3 Å². The molecule has 1 atom stereocenters. The smallest absolute Gasteiger partial charge is 0.228 e. The number of amides is 2. The van der Waals surface area contributed by atoms with E-state index in [0.717, 1.165) is 42.7 Å². The highest BCUT2D eigenvalue weighted by Gasteiger charge is 2.28. The van der Waals surface area contributed by atoms with E-state index >= 15 is 0 Å². The summed E-state index contributed by atoms with van der Waals surface area (Å²) in [5, 5.41) is 0. The molecule has 0 bridgehead atoms. The van der Waals surface area contributed by atoms with E-state index < -0.39 is 0 Å². The summed E-state index contributed by atoms with van der Waals surface area (Å²) < 4.78 is 18.9. The normalized spacial score (nSPS) is 18.0. The van der Waals surface area contributed by atoms with Crippen molar-refractivity contribution in [1.82, 2.24) is 14.9 Å². The molecule has 0 radical (unpaired) electrons. The zero-order chi connectivity index (χ0) is 22.7. The molecule has 1 unspecified atom stereocenters. The Kier molecular flexibility index (Phi) is 6.79. The van der Waals surface area contributed by atoms with Gasteiger partial charge in [0, 0.05) is 37.8 Å². The molecule has 4 rings (SSSR count). The average molecular weight is 441 g/mol. The fourth-order valence-electron chi connectivity index (χ4n) is 4.29. The molecule has 2 amide bonds. The maximum Gasteiger partial charge on any atom is 0.228 e. The zero-order valence-electron chi connectivity index (χ0n) is 18.6. The number of anilines is 1. The van der Waals surface area contributed by atoms with Gasteiger partial charge in [0.25, 0.3) is 0 Å². The van der Waals surface area contributed by atoms with Crippen LogP contribution in [-0.2, 0) is 33.8 Å². The van der Waals surface area contributed by atoms with E-state index in [9.17, 15) is 14.0 Å². The van der Waals surface area contributed by atoms with Gasteiger partial charge in [-0.2, -0.15) is 0 Å². The lowest BCUT2D eigenvalue weighted by atomic mass is 10.0. The number of aryl methyl sites for hydroxylation is 1. The Morgan fingerprint density at radius 3 is 2.75 bits per heavy atom. The van der Waals surface area contributed by atoms with Crippen LogP contribution in [0.1, 0.15) is 54.7 Å². The van der Waals surface area contributed by atoms with Crippen LogP contribution in [0.25, 0.3) is 0 Å². The van der Waals surface area contributed by atoms with Crippen molar-refractivity contribution in [2.45, 2.75) is 64.6 Å². The molecule has 2 aromatic rings. The molecule has 32 heavy (non-hydrogen) atoms. The Hall–Kier alpha value is -2.87. The first kappa shape index (κ1) is 22.3. The minimum absolute atomic E-state index is 0.0214. The molecule has 1 aromatic heterocycles. The molecule has 1 saturated heterocycles. The van der Waals surface area contributed by atoms with Crippen LogP contribution in [-0.4, -0.2) is 46.4 Å². The lowest BCUT2D eigenvalue weighted by molar-refractivity contribution is -0.131. The van der Waals surface area contributed by atoms with Crippen LogP contribution in [0.2, 0.25) is 0 Å². The van der Waals surface area contributed by atoms with E-state index in [2.05, 4.69) is 9.97 Å². The molecule has 170 valence electrons. The molecule has 3 heterocycles. The number of carbonyl (C=O) groups excluding carboxylic acids is 2. The number of benzene rings is 1. The van der Waals surface area contributed by atoms with Gasteiger partial charge in [-0.05, 0) is 50.3 Å². The molecule has 8 heteroatoms. The van der Waals surface area contributed by atoms with Crippen molar-refractivity contribution >= 4 is 17.6 Å². The fraction of sp³-hybridized carbons (Fsp3) is 0.500. The van der Waals surface area contributed by atoms with E-state index in [1.54, 1.807) is 29.0 Å². The minimum atomic E-state index is -0.313. The second-order valence-corrected chi connectivity index (χ2v) is 8.56. The minimum Gasteiger partial charge on any atom is -0.378 e. The number of ether oxygens (including phenoxy) is 1. The number of fused-ring (bicyclic) bond motifs is 1. The topological polar surface area (TPSA) is 75.6 Å².